The minimum Gasteiger partial charge on any atom is -0.388 e. The Labute approximate surface area is 116 Å². The van der Waals surface area contributed by atoms with Crippen LogP contribution in [-0.4, -0.2) is 15.9 Å². The number of fused-ring (bicyclic) bond motifs is 1. The number of aliphatic hydroxyl groups is 1. The third-order valence-electron chi connectivity index (χ3n) is 3.83. The van der Waals surface area contributed by atoms with Crippen LogP contribution in [0.5, 0.6) is 0 Å². The first-order valence-electron chi connectivity index (χ1n) is 6.57. The second-order valence-electron chi connectivity index (χ2n) is 5.04. The standard InChI is InChI=1S/C16H14FNO2/c17-12-3-1-10-2-4-13(16(20)14(10)9-12)15(19)11-5-7-18-8-6-11/h1,3,5-9,13,15,19H,2,4H2. The van der Waals surface area contributed by atoms with Crippen LogP contribution in [0.15, 0.2) is 42.7 Å². The molecule has 2 aromatic rings. The Hall–Kier alpha value is -2.07. The Balaban J connectivity index is 1.92. The predicted molar refractivity (Wildman–Crippen MR) is 71.7 cm³/mol. The number of benzene rings is 1. The minimum absolute atomic E-state index is 0.185. The van der Waals surface area contributed by atoms with Gasteiger partial charge in [0.1, 0.15) is 5.82 Å². The molecule has 1 heterocycles. The molecule has 3 nitrogen and oxygen atoms in total. The zero-order valence-electron chi connectivity index (χ0n) is 10.8. The summed E-state index contributed by atoms with van der Waals surface area (Å²) in [6.07, 6.45) is 3.54. The van der Waals surface area contributed by atoms with E-state index >= 15 is 0 Å². The fraction of sp³-hybridized carbons (Fsp3) is 0.250. The maximum absolute atomic E-state index is 13.3. The summed E-state index contributed by atoms with van der Waals surface area (Å²) in [5.41, 5.74) is 1.92. The molecule has 2 unspecified atom stereocenters. The molecule has 4 heteroatoms. The van der Waals surface area contributed by atoms with Gasteiger partial charge >= 0.3 is 0 Å². The molecule has 0 amide bonds. The van der Waals surface area contributed by atoms with E-state index in [0.717, 1.165) is 5.56 Å². The molecule has 0 bridgehead atoms. The van der Waals surface area contributed by atoms with Crippen molar-refractivity contribution < 1.29 is 14.3 Å². The molecular weight excluding hydrogens is 257 g/mol. The fourth-order valence-corrected chi connectivity index (χ4v) is 2.73. The first kappa shape index (κ1) is 12.9. The van der Waals surface area contributed by atoms with Gasteiger partial charge in [-0.25, -0.2) is 4.39 Å². The molecule has 102 valence electrons. The van der Waals surface area contributed by atoms with E-state index in [9.17, 15) is 14.3 Å². The van der Waals surface area contributed by atoms with Crippen LogP contribution in [0.4, 0.5) is 4.39 Å². The summed E-state index contributed by atoms with van der Waals surface area (Å²) in [5, 5.41) is 10.4. The van der Waals surface area contributed by atoms with Crippen molar-refractivity contribution in [2.24, 2.45) is 5.92 Å². The number of carbonyl (C=O) groups excluding carboxylic acids is 1. The highest BCUT2D eigenvalue weighted by Crippen LogP contribution is 2.34. The Kier molecular flexibility index (Phi) is 3.32. The molecule has 1 aromatic heterocycles. The van der Waals surface area contributed by atoms with Gasteiger partial charge < -0.3 is 5.11 Å². The van der Waals surface area contributed by atoms with Crippen molar-refractivity contribution >= 4 is 5.78 Å². The van der Waals surface area contributed by atoms with E-state index in [0.29, 0.717) is 24.0 Å². The average molecular weight is 271 g/mol. The second-order valence-corrected chi connectivity index (χ2v) is 5.04. The van der Waals surface area contributed by atoms with Crippen LogP contribution in [0, 0.1) is 11.7 Å². The molecule has 1 aliphatic carbocycles. The summed E-state index contributed by atoms with van der Waals surface area (Å²) in [7, 11) is 0. The zero-order valence-corrected chi connectivity index (χ0v) is 10.8. The summed E-state index contributed by atoms with van der Waals surface area (Å²) >= 11 is 0. The third kappa shape index (κ3) is 2.23. The van der Waals surface area contributed by atoms with Crippen LogP contribution in [-0.2, 0) is 6.42 Å². The maximum atomic E-state index is 13.3. The Morgan fingerprint density at radius 2 is 2.00 bits per heavy atom. The first-order valence-corrected chi connectivity index (χ1v) is 6.57. The van der Waals surface area contributed by atoms with Gasteiger partial charge in [0.2, 0.25) is 0 Å². The van der Waals surface area contributed by atoms with Crippen LogP contribution < -0.4 is 0 Å². The first-order chi connectivity index (χ1) is 9.66. The number of Topliss-reactive ketones (excluding diaryl/α,β-unsaturated/α-hetero) is 1. The van der Waals surface area contributed by atoms with Crippen molar-refractivity contribution in [2.45, 2.75) is 18.9 Å². The molecule has 1 aromatic carbocycles. The third-order valence-corrected chi connectivity index (χ3v) is 3.83. The Morgan fingerprint density at radius 1 is 1.25 bits per heavy atom. The highest BCUT2D eigenvalue weighted by Gasteiger charge is 2.33. The number of ketones is 1. The number of aliphatic hydroxyl groups excluding tert-OH is 1. The van der Waals surface area contributed by atoms with Gasteiger partial charge in [-0.15, -0.1) is 0 Å². The van der Waals surface area contributed by atoms with Crippen LogP contribution >= 0.6 is 0 Å². The molecule has 0 saturated heterocycles. The highest BCUT2D eigenvalue weighted by molar-refractivity contribution is 6.00. The topological polar surface area (TPSA) is 50.2 Å². The zero-order chi connectivity index (χ0) is 14.1. The fourth-order valence-electron chi connectivity index (χ4n) is 2.73. The summed E-state index contributed by atoms with van der Waals surface area (Å²) < 4.78 is 13.3. The Morgan fingerprint density at radius 3 is 2.75 bits per heavy atom. The molecule has 3 rings (SSSR count). The SMILES string of the molecule is O=C1c2cc(F)ccc2CCC1C(O)c1ccncc1. The van der Waals surface area contributed by atoms with Gasteiger partial charge in [-0.05, 0) is 48.2 Å². The van der Waals surface area contributed by atoms with Crippen molar-refractivity contribution in [1.29, 1.82) is 0 Å². The van der Waals surface area contributed by atoms with E-state index < -0.39 is 17.8 Å². The molecule has 2 atom stereocenters. The highest BCUT2D eigenvalue weighted by atomic mass is 19.1. The lowest BCUT2D eigenvalue weighted by Crippen LogP contribution is -2.28. The molecule has 0 saturated carbocycles. The van der Waals surface area contributed by atoms with E-state index in [1.165, 1.54) is 12.1 Å². The van der Waals surface area contributed by atoms with Gasteiger partial charge in [0.25, 0.3) is 0 Å². The van der Waals surface area contributed by atoms with Crippen molar-refractivity contribution in [3.63, 3.8) is 0 Å². The van der Waals surface area contributed by atoms with Crippen molar-refractivity contribution in [3.05, 3.63) is 65.2 Å². The number of carbonyl (C=O) groups is 1. The quantitative estimate of drug-likeness (QED) is 0.913. The van der Waals surface area contributed by atoms with Gasteiger partial charge in [-0.1, -0.05) is 6.07 Å². The van der Waals surface area contributed by atoms with Gasteiger partial charge in [-0.2, -0.15) is 0 Å². The minimum atomic E-state index is -0.873. The van der Waals surface area contributed by atoms with E-state index in [4.69, 9.17) is 0 Å². The lowest BCUT2D eigenvalue weighted by atomic mass is 9.78. The molecule has 20 heavy (non-hydrogen) atoms. The van der Waals surface area contributed by atoms with E-state index in [1.54, 1.807) is 30.6 Å². The summed E-state index contributed by atoms with van der Waals surface area (Å²) in [5.74, 6) is -1.13. The van der Waals surface area contributed by atoms with Gasteiger partial charge in [-0.3, -0.25) is 9.78 Å². The predicted octanol–water partition coefficient (Wildman–Crippen LogP) is 2.70. The normalized spacial score (nSPS) is 19.5. The second kappa shape index (κ2) is 5.13. The molecule has 1 N–H and O–H groups in total. The van der Waals surface area contributed by atoms with Crippen LogP contribution in [0.25, 0.3) is 0 Å². The number of nitrogens with zero attached hydrogens (tertiary/aromatic N) is 1. The van der Waals surface area contributed by atoms with Crippen LogP contribution in [0.1, 0.15) is 34.0 Å². The molecule has 0 fully saturated rings. The smallest absolute Gasteiger partial charge is 0.169 e. The number of aromatic nitrogens is 1. The van der Waals surface area contributed by atoms with Gasteiger partial charge in [0.15, 0.2) is 5.78 Å². The van der Waals surface area contributed by atoms with Crippen LogP contribution in [0.3, 0.4) is 0 Å². The summed E-state index contributed by atoms with van der Waals surface area (Å²) in [6.45, 7) is 0. The largest absolute Gasteiger partial charge is 0.388 e. The number of hydrogen-bond acceptors (Lipinski definition) is 3. The maximum Gasteiger partial charge on any atom is 0.169 e. The number of rotatable bonds is 2. The molecule has 0 spiro atoms. The lowest BCUT2D eigenvalue weighted by Gasteiger charge is -2.27. The van der Waals surface area contributed by atoms with Gasteiger partial charge in [0, 0.05) is 18.0 Å². The number of halogens is 1. The summed E-state index contributed by atoms with van der Waals surface area (Å²) in [6, 6.07) is 7.67. The van der Waals surface area contributed by atoms with Crippen molar-refractivity contribution in [3.8, 4) is 0 Å². The van der Waals surface area contributed by atoms with E-state index in [2.05, 4.69) is 4.98 Å². The van der Waals surface area contributed by atoms with E-state index in [1.807, 2.05) is 0 Å². The van der Waals surface area contributed by atoms with E-state index in [-0.39, 0.29) is 5.78 Å². The molecule has 0 radical (unpaired) electrons. The molecule has 1 aliphatic rings. The lowest BCUT2D eigenvalue weighted by molar-refractivity contribution is 0.0637. The summed E-state index contributed by atoms with van der Waals surface area (Å²) in [4.78, 5) is 16.3. The molecular formula is C16H14FNO2. The van der Waals surface area contributed by atoms with Crippen molar-refractivity contribution in [2.75, 3.05) is 0 Å². The van der Waals surface area contributed by atoms with Crippen molar-refractivity contribution in [1.82, 2.24) is 4.98 Å². The monoisotopic (exact) mass is 271 g/mol. The number of hydrogen-bond donors (Lipinski definition) is 1. The average Bonchev–Trinajstić information content (AvgIpc) is 2.48. The molecule has 0 aliphatic heterocycles. The number of aryl methyl sites for hydroxylation is 1. The van der Waals surface area contributed by atoms with Gasteiger partial charge in [0.05, 0.1) is 12.0 Å². The Bertz CT molecular complexity index is 642. The number of pyridine rings is 1. The van der Waals surface area contributed by atoms with Crippen LogP contribution in [0.2, 0.25) is 0 Å².